The van der Waals surface area contributed by atoms with Gasteiger partial charge in [-0.1, -0.05) is 51.8 Å². The van der Waals surface area contributed by atoms with Gasteiger partial charge in [0, 0.05) is 9.50 Å². The second-order valence-corrected chi connectivity index (χ2v) is 10.5. The van der Waals surface area contributed by atoms with Crippen LogP contribution in [0.1, 0.15) is 16.7 Å². The Morgan fingerprint density at radius 3 is 2.35 bits per heavy atom. The van der Waals surface area contributed by atoms with Crippen LogP contribution in [0.3, 0.4) is 0 Å². The minimum atomic E-state index is -0.323. The molecule has 0 saturated carbocycles. The van der Waals surface area contributed by atoms with Crippen molar-refractivity contribution in [1.29, 1.82) is 0 Å². The summed E-state index contributed by atoms with van der Waals surface area (Å²) in [6.07, 6.45) is 1.68. The molecule has 0 N–H and O–H groups in total. The van der Waals surface area contributed by atoms with Crippen molar-refractivity contribution in [3.05, 3.63) is 96.2 Å². The Morgan fingerprint density at radius 2 is 1.68 bits per heavy atom. The lowest BCUT2D eigenvalue weighted by Crippen LogP contribution is -2.27. The van der Waals surface area contributed by atoms with Crippen LogP contribution in [0, 0.1) is 0 Å². The van der Waals surface area contributed by atoms with E-state index in [2.05, 4.69) is 31.9 Å². The highest BCUT2D eigenvalue weighted by atomic mass is 79.9. The van der Waals surface area contributed by atoms with Crippen LogP contribution in [0.25, 0.3) is 6.08 Å². The molecular formula is C25H18Br2ClNO4S. The van der Waals surface area contributed by atoms with E-state index in [0.29, 0.717) is 38.1 Å². The van der Waals surface area contributed by atoms with E-state index >= 15 is 0 Å². The first-order chi connectivity index (χ1) is 16.3. The zero-order valence-electron chi connectivity index (χ0n) is 17.9. The van der Waals surface area contributed by atoms with E-state index < -0.39 is 0 Å². The fraction of sp³-hybridized carbons (Fsp3) is 0.120. The summed E-state index contributed by atoms with van der Waals surface area (Å²) in [7, 11) is 1.55. The van der Waals surface area contributed by atoms with Crippen LogP contribution >= 0.6 is 55.2 Å². The van der Waals surface area contributed by atoms with Crippen LogP contribution in [0.5, 0.6) is 11.5 Å². The molecule has 174 valence electrons. The maximum absolute atomic E-state index is 12.9. The molecule has 3 aromatic carbocycles. The number of rotatable bonds is 7. The van der Waals surface area contributed by atoms with E-state index in [0.717, 1.165) is 27.4 Å². The molecule has 0 aliphatic carbocycles. The van der Waals surface area contributed by atoms with Crippen molar-refractivity contribution >= 4 is 72.4 Å². The van der Waals surface area contributed by atoms with Crippen LogP contribution in [0.4, 0.5) is 4.79 Å². The van der Waals surface area contributed by atoms with Gasteiger partial charge in [-0.25, -0.2) is 0 Å². The summed E-state index contributed by atoms with van der Waals surface area (Å²) in [5.74, 6) is 0.720. The number of methoxy groups -OCH3 is 1. The summed E-state index contributed by atoms with van der Waals surface area (Å²) in [5.41, 5.74) is 2.54. The molecule has 0 spiro atoms. The molecule has 0 aromatic heterocycles. The van der Waals surface area contributed by atoms with E-state index in [1.165, 1.54) is 4.90 Å². The summed E-state index contributed by atoms with van der Waals surface area (Å²) in [4.78, 5) is 27.0. The average Bonchev–Trinajstić information content (AvgIpc) is 3.07. The minimum absolute atomic E-state index is 0.222. The van der Waals surface area contributed by atoms with Crippen LogP contribution in [-0.2, 0) is 17.9 Å². The number of amides is 2. The first-order valence-electron chi connectivity index (χ1n) is 10.1. The van der Waals surface area contributed by atoms with Gasteiger partial charge in [-0.15, -0.1) is 0 Å². The summed E-state index contributed by atoms with van der Waals surface area (Å²) < 4.78 is 13.1. The molecule has 9 heteroatoms. The molecule has 5 nitrogen and oxygen atoms in total. The number of carbonyl (C=O) groups excluding carboxylic acids is 2. The molecule has 0 unspecified atom stereocenters. The first-order valence-corrected chi connectivity index (χ1v) is 12.9. The predicted molar refractivity (Wildman–Crippen MR) is 142 cm³/mol. The zero-order valence-corrected chi connectivity index (χ0v) is 22.6. The lowest BCUT2D eigenvalue weighted by molar-refractivity contribution is -0.123. The van der Waals surface area contributed by atoms with Gasteiger partial charge in [0.25, 0.3) is 11.1 Å². The molecule has 34 heavy (non-hydrogen) atoms. The molecule has 0 radical (unpaired) electrons. The lowest BCUT2D eigenvalue weighted by atomic mass is 10.1. The molecule has 0 bridgehead atoms. The van der Waals surface area contributed by atoms with Gasteiger partial charge in [0.05, 0.1) is 23.0 Å². The normalized spacial score (nSPS) is 14.7. The van der Waals surface area contributed by atoms with Gasteiger partial charge in [0.1, 0.15) is 6.61 Å². The van der Waals surface area contributed by atoms with E-state index in [1.54, 1.807) is 31.4 Å². The maximum Gasteiger partial charge on any atom is 0.293 e. The van der Waals surface area contributed by atoms with Gasteiger partial charge >= 0.3 is 0 Å². The molecule has 2 amide bonds. The largest absolute Gasteiger partial charge is 0.493 e. The maximum atomic E-state index is 12.9. The van der Waals surface area contributed by atoms with E-state index in [-0.39, 0.29) is 17.7 Å². The van der Waals surface area contributed by atoms with Gasteiger partial charge < -0.3 is 9.47 Å². The second-order valence-electron chi connectivity index (χ2n) is 7.34. The Morgan fingerprint density at radius 1 is 1.00 bits per heavy atom. The number of halogens is 3. The average molecular weight is 624 g/mol. The molecule has 1 fully saturated rings. The highest BCUT2D eigenvalue weighted by Crippen LogP contribution is 2.39. The number of thioether (sulfide) groups is 1. The Kier molecular flexibility index (Phi) is 8.03. The Labute approximate surface area is 223 Å². The number of ether oxygens (including phenoxy) is 2. The Bertz CT molecular complexity index is 1260. The van der Waals surface area contributed by atoms with Gasteiger partial charge in [-0.05, 0) is 86.9 Å². The fourth-order valence-corrected chi connectivity index (χ4v) is 5.06. The molecule has 4 rings (SSSR count). The number of carbonyl (C=O) groups is 2. The third kappa shape index (κ3) is 5.86. The van der Waals surface area contributed by atoms with Crippen molar-refractivity contribution in [3.8, 4) is 11.5 Å². The summed E-state index contributed by atoms with van der Waals surface area (Å²) in [6.45, 7) is 0.556. The predicted octanol–water partition coefficient (Wildman–Crippen LogP) is 7.69. The topological polar surface area (TPSA) is 55.8 Å². The van der Waals surface area contributed by atoms with Gasteiger partial charge in [-0.2, -0.15) is 0 Å². The van der Waals surface area contributed by atoms with Crippen LogP contribution in [0.2, 0.25) is 5.02 Å². The molecular weight excluding hydrogens is 606 g/mol. The molecule has 1 aliphatic heterocycles. The zero-order chi connectivity index (χ0) is 24.2. The quantitative estimate of drug-likeness (QED) is 0.253. The van der Waals surface area contributed by atoms with Crippen LogP contribution < -0.4 is 9.47 Å². The van der Waals surface area contributed by atoms with Crippen LogP contribution in [-0.4, -0.2) is 23.2 Å². The number of benzene rings is 3. The first kappa shape index (κ1) is 24.9. The molecule has 0 atom stereocenters. The molecule has 3 aromatic rings. The highest BCUT2D eigenvalue weighted by Gasteiger charge is 2.35. The third-order valence-electron chi connectivity index (χ3n) is 4.97. The number of hydrogen-bond acceptors (Lipinski definition) is 5. The molecule has 1 aliphatic rings. The van der Waals surface area contributed by atoms with E-state index in [1.807, 2.05) is 42.5 Å². The number of hydrogen-bond donors (Lipinski definition) is 0. The summed E-state index contributed by atoms with van der Waals surface area (Å²) in [5, 5.41) is 0.362. The third-order valence-corrected chi connectivity index (χ3v) is 7.25. The van der Waals surface area contributed by atoms with Gasteiger partial charge in [0.2, 0.25) is 0 Å². The SMILES string of the molecule is COc1cc(/C=C2\SC(=O)N(Cc3ccc(Br)cc3)C2=O)cc(Br)c1OCc1ccc(Cl)cc1. The van der Waals surface area contributed by atoms with Crippen molar-refractivity contribution in [2.75, 3.05) is 7.11 Å². The van der Waals surface area contributed by atoms with Crippen molar-refractivity contribution < 1.29 is 19.1 Å². The summed E-state index contributed by atoms with van der Waals surface area (Å²) in [6, 6.07) is 18.5. The number of nitrogens with zero attached hydrogens (tertiary/aromatic N) is 1. The minimum Gasteiger partial charge on any atom is -0.493 e. The number of imide groups is 1. The smallest absolute Gasteiger partial charge is 0.293 e. The van der Waals surface area contributed by atoms with Gasteiger partial charge in [0.15, 0.2) is 11.5 Å². The Balaban J connectivity index is 1.52. The standard InChI is InChI=1S/C25H18Br2ClNO4S/c1-32-21-11-17(10-20(27)23(21)33-14-16-4-8-19(28)9-5-16)12-22-24(30)29(25(31)34-22)13-15-2-6-18(26)7-3-15/h2-12H,13-14H2,1H3/b22-12-. The van der Waals surface area contributed by atoms with Gasteiger partial charge in [-0.3, -0.25) is 14.5 Å². The molecule has 1 heterocycles. The van der Waals surface area contributed by atoms with E-state index in [9.17, 15) is 9.59 Å². The highest BCUT2D eigenvalue weighted by molar-refractivity contribution is 9.10. The lowest BCUT2D eigenvalue weighted by Gasteiger charge is -2.14. The monoisotopic (exact) mass is 621 g/mol. The van der Waals surface area contributed by atoms with E-state index in [4.69, 9.17) is 21.1 Å². The second kappa shape index (κ2) is 11.0. The molecule has 1 saturated heterocycles. The van der Waals surface area contributed by atoms with Crippen molar-refractivity contribution in [3.63, 3.8) is 0 Å². The van der Waals surface area contributed by atoms with Crippen molar-refractivity contribution in [2.45, 2.75) is 13.2 Å². The fourth-order valence-electron chi connectivity index (χ4n) is 3.26. The summed E-state index contributed by atoms with van der Waals surface area (Å²) >= 11 is 13.8. The van der Waals surface area contributed by atoms with Crippen LogP contribution in [0.15, 0.2) is 74.5 Å². The van der Waals surface area contributed by atoms with Crippen molar-refractivity contribution in [1.82, 2.24) is 4.90 Å². The Hall–Kier alpha value is -2.26. The van der Waals surface area contributed by atoms with Crippen molar-refractivity contribution in [2.24, 2.45) is 0 Å².